The van der Waals surface area contributed by atoms with Crippen LogP contribution in [0.4, 0.5) is 0 Å². The molecule has 0 bridgehead atoms. The molecule has 0 saturated carbocycles. The highest BCUT2D eigenvalue weighted by Crippen LogP contribution is 2.17. The molecule has 1 atom stereocenters. The van der Waals surface area contributed by atoms with Gasteiger partial charge < -0.3 is 15.2 Å². The topological polar surface area (TPSA) is 44.5 Å². The quantitative estimate of drug-likeness (QED) is 0.775. The van der Waals surface area contributed by atoms with Crippen LogP contribution in [0.1, 0.15) is 12.5 Å². The van der Waals surface area contributed by atoms with Crippen molar-refractivity contribution in [1.82, 2.24) is 0 Å². The Bertz CT molecular complexity index is 276. The van der Waals surface area contributed by atoms with Crippen molar-refractivity contribution in [1.29, 1.82) is 0 Å². The van der Waals surface area contributed by atoms with E-state index < -0.39 is 0 Å². The average molecular weight is 195 g/mol. The van der Waals surface area contributed by atoms with Gasteiger partial charge in [0, 0.05) is 19.2 Å². The second-order valence-corrected chi connectivity index (χ2v) is 3.17. The predicted octanol–water partition coefficient (Wildman–Crippen LogP) is 1.56. The second kappa shape index (κ2) is 5.62. The van der Waals surface area contributed by atoms with Crippen LogP contribution in [0.15, 0.2) is 24.3 Å². The highest BCUT2D eigenvalue weighted by molar-refractivity contribution is 5.32. The Morgan fingerprint density at radius 1 is 1.36 bits per heavy atom. The maximum atomic E-state index is 5.58. The first-order valence-corrected chi connectivity index (χ1v) is 4.71. The van der Waals surface area contributed by atoms with Gasteiger partial charge in [-0.15, -0.1) is 0 Å². The number of ether oxygens (including phenoxy) is 2. The van der Waals surface area contributed by atoms with Crippen LogP contribution in [0.25, 0.3) is 0 Å². The van der Waals surface area contributed by atoms with Gasteiger partial charge in [-0.1, -0.05) is 18.2 Å². The second-order valence-electron chi connectivity index (χ2n) is 3.17. The van der Waals surface area contributed by atoms with E-state index in [4.69, 9.17) is 15.2 Å². The summed E-state index contributed by atoms with van der Waals surface area (Å²) in [5, 5.41) is 0. The molecule has 2 N–H and O–H groups in total. The van der Waals surface area contributed by atoms with E-state index in [1.165, 1.54) is 0 Å². The predicted molar refractivity (Wildman–Crippen MR) is 56.3 cm³/mol. The first-order valence-electron chi connectivity index (χ1n) is 4.71. The lowest BCUT2D eigenvalue weighted by Crippen LogP contribution is -2.16. The molecule has 1 unspecified atom stereocenters. The fourth-order valence-electron chi connectivity index (χ4n) is 1.09. The van der Waals surface area contributed by atoms with E-state index in [1.54, 1.807) is 7.11 Å². The molecule has 0 saturated heterocycles. The van der Waals surface area contributed by atoms with E-state index >= 15 is 0 Å². The Hall–Kier alpha value is -1.06. The number of para-hydroxylation sites is 1. The Morgan fingerprint density at radius 2 is 2.07 bits per heavy atom. The van der Waals surface area contributed by atoms with Gasteiger partial charge in [-0.25, -0.2) is 0 Å². The van der Waals surface area contributed by atoms with E-state index in [2.05, 4.69) is 0 Å². The number of methoxy groups -OCH3 is 1. The molecular weight excluding hydrogens is 178 g/mol. The third-order valence-corrected chi connectivity index (χ3v) is 2.07. The van der Waals surface area contributed by atoms with Crippen molar-refractivity contribution < 1.29 is 9.47 Å². The van der Waals surface area contributed by atoms with Crippen LogP contribution in [0.3, 0.4) is 0 Å². The fourth-order valence-corrected chi connectivity index (χ4v) is 1.09. The summed E-state index contributed by atoms with van der Waals surface area (Å²) in [5.74, 6) is 0.846. The molecule has 3 heteroatoms. The van der Waals surface area contributed by atoms with Crippen LogP contribution in [0.5, 0.6) is 5.75 Å². The molecule has 0 spiro atoms. The van der Waals surface area contributed by atoms with Crippen LogP contribution in [-0.4, -0.2) is 19.8 Å². The SMILES string of the molecule is COC(C)COc1ccccc1CN. The third kappa shape index (κ3) is 3.01. The minimum atomic E-state index is 0.0980. The summed E-state index contributed by atoms with van der Waals surface area (Å²) in [6.07, 6.45) is 0.0980. The first kappa shape index (κ1) is 11.0. The van der Waals surface area contributed by atoms with Crippen LogP contribution in [0, 0.1) is 0 Å². The smallest absolute Gasteiger partial charge is 0.123 e. The van der Waals surface area contributed by atoms with E-state index in [9.17, 15) is 0 Å². The van der Waals surface area contributed by atoms with Gasteiger partial charge in [0.05, 0.1) is 6.10 Å². The van der Waals surface area contributed by atoms with Gasteiger partial charge in [0.2, 0.25) is 0 Å². The zero-order valence-corrected chi connectivity index (χ0v) is 8.69. The van der Waals surface area contributed by atoms with Gasteiger partial charge in [-0.2, -0.15) is 0 Å². The van der Waals surface area contributed by atoms with Gasteiger partial charge in [-0.3, -0.25) is 0 Å². The van der Waals surface area contributed by atoms with Gasteiger partial charge in [-0.05, 0) is 13.0 Å². The maximum absolute atomic E-state index is 5.58. The summed E-state index contributed by atoms with van der Waals surface area (Å²) in [6.45, 7) is 3.01. The van der Waals surface area contributed by atoms with Gasteiger partial charge in [0.1, 0.15) is 12.4 Å². The summed E-state index contributed by atoms with van der Waals surface area (Å²) in [6, 6.07) is 7.78. The summed E-state index contributed by atoms with van der Waals surface area (Å²) >= 11 is 0. The Morgan fingerprint density at radius 3 is 2.71 bits per heavy atom. The lowest BCUT2D eigenvalue weighted by molar-refractivity contribution is 0.0713. The maximum Gasteiger partial charge on any atom is 0.123 e. The highest BCUT2D eigenvalue weighted by atomic mass is 16.5. The van der Waals surface area contributed by atoms with Gasteiger partial charge >= 0.3 is 0 Å². The zero-order chi connectivity index (χ0) is 10.4. The molecule has 3 nitrogen and oxygen atoms in total. The number of hydrogen-bond acceptors (Lipinski definition) is 3. The van der Waals surface area contributed by atoms with Crippen molar-refractivity contribution in [3.63, 3.8) is 0 Å². The van der Waals surface area contributed by atoms with E-state index in [1.807, 2.05) is 31.2 Å². The molecule has 0 radical (unpaired) electrons. The Balaban J connectivity index is 2.57. The normalized spacial score (nSPS) is 12.5. The van der Waals surface area contributed by atoms with Crippen molar-refractivity contribution >= 4 is 0 Å². The van der Waals surface area contributed by atoms with E-state index in [0.717, 1.165) is 11.3 Å². The molecule has 1 aromatic rings. The number of hydrogen-bond donors (Lipinski definition) is 1. The summed E-state index contributed by atoms with van der Waals surface area (Å²) in [5.41, 5.74) is 6.60. The summed E-state index contributed by atoms with van der Waals surface area (Å²) in [7, 11) is 1.67. The molecular formula is C11H17NO2. The standard InChI is InChI=1S/C11H17NO2/c1-9(13-2)8-14-11-6-4-3-5-10(11)7-12/h3-6,9H,7-8,12H2,1-2H3. The molecule has 14 heavy (non-hydrogen) atoms. The zero-order valence-electron chi connectivity index (χ0n) is 8.69. The van der Waals surface area contributed by atoms with Crippen molar-refractivity contribution in [3.05, 3.63) is 29.8 Å². The molecule has 0 aromatic heterocycles. The highest BCUT2D eigenvalue weighted by Gasteiger charge is 2.03. The molecule has 0 fully saturated rings. The number of nitrogens with two attached hydrogens (primary N) is 1. The molecule has 0 aliphatic heterocycles. The van der Waals surface area contributed by atoms with Crippen molar-refractivity contribution in [2.24, 2.45) is 5.73 Å². The lowest BCUT2D eigenvalue weighted by atomic mass is 10.2. The lowest BCUT2D eigenvalue weighted by Gasteiger charge is -2.13. The van der Waals surface area contributed by atoms with Crippen LogP contribution >= 0.6 is 0 Å². The molecule has 0 aliphatic carbocycles. The van der Waals surface area contributed by atoms with Crippen LogP contribution < -0.4 is 10.5 Å². The first-order chi connectivity index (χ1) is 6.77. The van der Waals surface area contributed by atoms with Gasteiger partial charge in [0.25, 0.3) is 0 Å². The monoisotopic (exact) mass is 195 g/mol. The third-order valence-electron chi connectivity index (χ3n) is 2.07. The average Bonchev–Trinajstić information content (AvgIpc) is 2.26. The minimum absolute atomic E-state index is 0.0980. The summed E-state index contributed by atoms with van der Waals surface area (Å²) in [4.78, 5) is 0. The van der Waals surface area contributed by atoms with E-state index in [0.29, 0.717) is 13.2 Å². The Kier molecular flexibility index (Phi) is 4.43. The molecule has 78 valence electrons. The number of rotatable bonds is 5. The largest absolute Gasteiger partial charge is 0.491 e. The molecule has 1 aromatic carbocycles. The van der Waals surface area contributed by atoms with Crippen molar-refractivity contribution in [2.75, 3.05) is 13.7 Å². The fraction of sp³-hybridized carbons (Fsp3) is 0.455. The van der Waals surface area contributed by atoms with E-state index in [-0.39, 0.29) is 6.10 Å². The van der Waals surface area contributed by atoms with Crippen molar-refractivity contribution in [3.8, 4) is 5.75 Å². The molecule has 0 aliphatic rings. The molecule has 0 heterocycles. The minimum Gasteiger partial charge on any atom is -0.491 e. The van der Waals surface area contributed by atoms with Crippen LogP contribution in [0.2, 0.25) is 0 Å². The molecule has 1 rings (SSSR count). The Labute approximate surface area is 84.8 Å². The number of benzene rings is 1. The van der Waals surface area contributed by atoms with Crippen LogP contribution in [-0.2, 0) is 11.3 Å². The summed E-state index contributed by atoms with van der Waals surface area (Å²) < 4.78 is 10.7. The van der Waals surface area contributed by atoms with Gasteiger partial charge in [0.15, 0.2) is 0 Å². The van der Waals surface area contributed by atoms with Crippen molar-refractivity contribution in [2.45, 2.75) is 19.6 Å². The molecule has 0 amide bonds.